The van der Waals surface area contributed by atoms with E-state index in [-0.39, 0.29) is 119 Å². The number of rotatable bonds is 27. The first kappa shape index (κ1) is 55.3. The topological polar surface area (TPSA) is 329 Å². The molecule has 3 aromatic rings. The average molecular weight is 968 g/mol. The fraction of sp³-hybridized carbons (Fsp3) is 0.600. The maximum absolute atomic E-state index is 12.9. The molecule has 0 spiro atoms. The molecule has 24 heteroatoms. The third-order valence-electron chi connectivity index (χ3n) is 11.0. The van der Waals surface area contributed by atoms with Crippen LogP contribution in [0.3, 0.4) is 0 Å². The Balaban J connectivity index is 1.04. The van der Waals surface area contributed by atoms with Crippen LogP contribution in [0.2, 0.25) is 0 Å². The van der Waals surface area contributed by atoms with Gasteiger partial charge in [-0.15, -0.1) is 0 Å². The van der Waals surface area contributed by atoms with Gasteiger partial charge in [-0.1, -0.05) is 0 Å². The van der Waals surface area contributed by atoms with E-state index in [1.54, 1.807) is 34.1 Å². The monoisotopic (exact) mass is 968 g/mol. The van der Waals surface area contributed by atoms with Gasteiger partial charge in [-0.05, 0) is 71.7 Å². The van der Waals surface area contributed by atoms with E-state index in [2.05, 4.69) is 46.5 Å². The molecule has 0 aliphatic carbocycles. The molecule has 0 saturated carbocycles. The zero-order valence-corrected chi connectivity index (χ0v) is 40.2. The molecular formula is C45H69N13O11. The summed E-state index contributed by atoms with van der Waals surface area (Å²) < 4.78 is 12.1. The number of anilines is 2. The summed E-state index contributed by atoms with van der Waals surface area (Å²) >= 11 is 0. The maximum atomic E-state index is 12.9. The summed E-state index contributed by atoms with van der Waals surface area (Å²) in [5.41, 5.74) is 5.68. The predicted molar refractivity (Wildman–Crippen MR) is 255 cm³/mol. The van der Waals surface area contributed by atoms with Crippen LogP contribution in [0.15, 0.2) is 35.3 Å². The van der Waals surface area contributed by atoms with Crippen molar-refractivity contribution in [1.29, 1.82) is 0 Å². The van der Waals surface area contributed by atoms with Gasteiger partial charge in [0.05, 0.1) is 62.5 Å². The van der Waals surface area contributed by atoms with Crippen molar-refractivity contribution in [3.8, 4) is 0 Å². The lowest BCUT2D eigenvalue weighted by atomic mass is 10.0. The number of fused-ring (bicyclic) bond motifs is 1. The molecule has 4 rings (SSSR count). The van der Waals surface area contributed by atoms with Crippen molar-refractivity contribution < 1.29 is 48.5 Å². The number of aromatic nitrogens is 4. The summed E-state index contributed by atoms with van der Waals surface area (Å²) in [4.78, 5) is 106. The van der Waals surface area contributed by atoms with Crippen molar-refractivity contribution >= 4 is 58.4 Å². The molecule has 0 bridgehead atoms. The highest BCUT2D eigenvalue weighted by atomic mass is 16.6. The Labute approximate surface area is 400 Å². The van der Waals surface area contributed by atoms with Crippen LogP contribution in [0.5, 0.6) is 0 Å². The highest BCUT2D eigenvalue weighted by Gasteiger charge is 2.27. The SMILES string of the molecule is C[C@H](CCC(=O)NCCOC(C)(C)COC(C)(C)CCC(=O)NCCNC(=O)CN1CCN(CC(=O)O)CCN(CC(=O)O)CC1)NC(=O)c1ccc(NCc2cnc3nc(N)[nH]c(=O)c3n2)cc1. The summed E-state index contributed by atoms with van der Waals surface area (Å²) in [5, 5.41) is 33.1. The minimum atomic E-state index is -0.977. The van der Waals surface area contributed by atoms with Gasteiger partial charge in [-0.3, -0.25) is 53.2 Å². The zero-order valence-electron chi connectivity index (χ0n) is 40.2. The van der Waals surface area contributed by atoms with E-state index in [9.17, 15) is 43.8 Å². The van der Waals surface area contributed by atoms with Crippen LogP contribution in [-0.4, -0.2) is 189 Å². The molecule has 1 saturated heterocycles. The largest absolute Gasteiger partial charge is 0.480 e. The number of carbonyl (C=O) groups is 6. The van der Waals surface area contributed by atoms with E-state index in [1.165, 1.54) is 6.20 Å². The van der Waals surface area contributed by atoms with Crippen LogP contribution in [0.1, 0.15) is 76.4 Å². The summed E-state index contributed by atoms with van der Waals surface area (Å²) in [6.45, 7) is 13.1. The van der Waals surface area contributed by atoms with Gasteiger partial charge in [0, 0.05) is 89.0 Å². The van der Waals surface area contributed by atoms with Crippen LogP contribution in [0, 0.1) is 0 Å². The molecule has 4 amide bonds. The van der Waals surface area contributed by atoms with Gasteiger partial charge in [0.2, 0.25) is 23.7 Å². The second-order valence-electron chi connectivity index (χ2n) is 18.2. The summed E-state index contributed by atoms with van der Waals surface area (Å²) in [7, 11) is 0. The lowest BCUT2D eigenvalue weighted by Gasteiger charge is -2.32. The number of nitrogen functional groups attached to an aromatic ring is 1. The molecule has 380 valence electrons. The smallest absolute Gasteiger partial charge is 0.317 e. The van der Waals surface area contributed by atoms with Crippen LogP contribution in [-0.2, 0) is 40.0 Å². The van der Waals surface area contributed by atoms with Gasteiger partial charge in [0.25, 0.3) is 11.5 Å². The van der Waals surface area contributed by atoms with Gasteiger partial charge in [-0.25, -0.2) is 9.97 Å². The Morgan fingerprint density at radius 1 is 0.768 bits per heavy atom. The van der Waals surface area contributed by atoms with E-state index in [0.717, 1.165) is 5.69 Å². The second-order valence-corrected chi connectivity index (χ2v) is 18.2. The van der Waals surface area contributed by atoms with E-state index < -0.39 is 28.7 Å². The van der Waals surface area contributed by atoms with E-state index >= 15 is 0 Å². The number of nitrogens with zero attached hydrogens (tertiary/aromatic N) is 6. The molecule has 0 unspecified atom stereocenters. The fourth-order valence-electron chi connectivity index (χ4n) is 7.01. The quantitative estimate of drug-likeness (QED) is 0.0440. The fourth-order valence-corrected chi connectivity index (χ4v) is 7.01. The van der Waals surface area contributed by atoms with Crippen molar-refractivity contribution in [2.24, 2.45) is 0 Å². The standard InChI is InChI=1S/C45H69N13O11/c1-30(52-41(66)31-7-9-32(10-8-31)50-24-33-25-51-40-39(53-33)42(67)55-43(46)54-40)6-11-34(59)49-16-23-68-45(4,5)29-69-44(2,3)13-12-35(60)47-14-15-48-36(61)26-56-17-19-57(27-37(62)63)21-22-58(20-18-56)28-38(64)65/h7-10,25,30,50H,6,11-24,26-29H2,1-5H3,(H,47,60)(H,48,61)(H,49,59)(H,52,66)(H,62,63)(H,64,65)(H3,46,51,54,55,67)/t30-/m1/s1. The third kappa shape index (κ3) is 21.2. The molecule has 1 aromatic carbocycles. The number of nitrogens with one attached hydrogen (secondary N) is 6. The normalized spacial score (nSPS) is 14.7. The number of H-pyrrole nitrogens is 1. The van der Waals surface area contributed by atoms with Crippen molar-refractivity contribution in [2.45, 2.75) is 84.1 Å². The van der Waals surface area contributed by atoms with E-state index in [1.807, 2.05) is 39.5 Å². The number of aromatic amines is 1. The number of carboxylic acids is 2. The maximum Gasteiger partial charge on any atom is 0.317 e. The molecule has 10 N–H and O–H groups in total. The molecule has 1 fully saturated rings. The minimum Gasteiger partial charge on any atom is -0.480 e. The lowest BCUT2D eigenvalue weighted by Crippen LogP contribution is -2.44. The number of carbonyl (C=O) groups excluding carboxylic acids is 4. The molecule has 3 heterocycles. The Morgan fingerprint density at radius 3 is 1.94 bits per heavy atom. The van der Waals surface area contributed by atoms with Crippen molar-refractivity contribution in [1.82, 2.24) is 55.9 Å². The van der Waals surface area contributed by atoms with Crippen LogP contribution in [0.25, 0.3) is 11.2 Å². The van der Waals surface area contributed by atoms with Gasteiger partial charge in [0.1, 0.15) is 0 Å². The molecule has 24 nitrogen and oxygen atoms in total. The predicted octanol–water partition coefficient (Wildman–Crippen LogP) is -0.386. The second kappa shape index (κ2) is 27.0. The summed E-state index contributed by atoms with van der Waals surface area (Å²) in [5.74, 6) is -2.90. The average Bonchev–Trinajstić information content (AvgIpc) is 3.37. The highest BCUT2D eigenvalue weighted by Crippen LogP contribution is 2.21. The van der Waals surface area contributed by atoms with Gasteiger partial charge in [-0.2, -0.15) is 4.98 Å². The number of amides is 4. The van der Waals surface area contributed by atoms with Crippen LogP contribution < -0.4 is 37.9 Å². The molecule has 2 aromatic heterocycles. The first-order valence-corrected chi connectivity index (χ1v) is 23.0. The first-order chi connectivity index (χ1) is 32.6. The lowest BCUT2D eigenvalue weighted by molar-refractivity contribution is -0.140. The number of aliphatic carboxylic acids is 2. The zero-order chi connectivity index (χ0) is 50.6. The Kier molecular flexibility index (Phi) is 21.6. The third-order valence-corrected chi connectivity index (χ3v) is 11.0. The Bertz CT molecular complexity index is 2230. The molecule has 1 aliphatic heterocycles. The summed E-state index contributed by atoms with van der Waals surface area (Å²) in [6.07, 6.45) is 2.75. The van der Waals surface area contributed by atoms with E-state index in [0.29, 0.717) is 63.4 Å². The first-order valence-electron chi connectivity index (χ1n) is 23.0. The molecular weight excluding hydrogens is 899 g/mol. The number of ether oxygens (including phenoxy) is 2. The van der Waals surface area contributed by atoms with Gasteiger partial charge >= 0.3 is 11.9 Å². The van der Waals surface area contributed by atoms with Gasteiger partial charge in [0.15, 0.2) is 11.2 Å². The molecule has 1 aliphatic rings. The number of carboxylic acid groups (broad SMARTS) is 2. The van der Waals surface area contributed by atoms with Crippen LogP contribution >= 0.6 is 0 Å². The number of benzene rings is 1. The van der Waals surface area contributed by atoms with Crippen LogP contribution in [0.4, 0.5) is 11.6 Å². The van der Waals surface area contributed by atoms with Crippen molar-refractivity contribution in [3.63, 3.8) is 0 Å². The van der Waals surface area contributed by atoms with Crippen molar-refractivity contribution in [3.05, 3.63) is 52.1 Å². The minimum absolute atomic E-state index is 0.0387. The van der Waals surface area contributed by atoms with E-state index in [4.69, 9.17) is 15.2 Å². The number of hydrogen-bond acceptors (Lipinski definition) is 17. The summed E-state index contributed by atoms with van der Waals surface area (Å²) in [6, 6.07) is 6.58. The van der Waals surface area contributed by atoms with Gasteiger partial charge < -0.3 is 52.0 Å². The molecule has 0 radical (unpaired) electrons. The number of nitrogens with two attached hydrogens (primary N) is 1. The Morgan fingerprint density at radius 2 is 1.33 bits per heavy atom. The Hall–Kier alpha value is -6.34. The molecule has 69 heavy (non-hydrogen) atoms. The number of hydrogen-bond donors (Lipinski definition) is 9. The molecule has 1 atom stereocenters. The highest BCUT2D eigenvalue weighted by molar-refractivity contribution is 5.94. The van der Waals surface area contributed by atoms with Crippen molar-refractivity contribution in [2.75, 3.05) is 103 Å².